The van der Waals surface area contributed by atoms with Gasteiger partial charge in [-0.1, -0.05) is 0 Å². The van der Waals surface area contributed by atoms with Crippen molar-refractivity contribution in [2.75, 3.05) is 23.3 Å². The Labute approximate surface area is 97.5 Å². The second-order valence-electron chi connectivity index (χ2n) is 3.81. The van der Waals surface area contributed by atoms with E-state index < -0.39 is 5.97 Å². The van der Waals surface area contributed by atoms with Crippen LogP contribution in [0, 0.1) is 0 Å². The third-order valence-electron chi connectivity index (χ3n) is 2.52. The molecule has 2 rings (SSSR count). The highest BCUT2D eigenvalue weighted by molar-refractivity contribution is 6.01. The molecule has 1 aromatic rings. The Morgan fingerprint density at radius 3 is 2.94 bits per heavy atom. The van der Waals surface area contributed by atoms with Gasteiger partial charge in [0.2, 0.25) is 5.91 Å². The zero-order valence-electron chi connectivity index (χ0n) is 9.01. The molecule has 1 aromatic carbocycles. The molecular weight excluding hydrogens is 224 g/mol. The van der Waals surface area contributed by atoms with Gasteiger partial charge >= 0.3 is 5.97 Å². The van der Waals surface area contributed by atoms with Crippen LogP contribution in [0.25, 0.3) is 0 Å². The van der Waals surface area contributed by atoms with Gasteiger partial charge < -0.3 is 20.4 Å². The highest BCUT2D eigenvalue weighted by Crippen LogP contribution is 2.32. The highest BCUT2D eigenvalue weighted by Gasteiger charge is 2.22. The molecule has 1 heterocycles. The molecule has 90 valence electrons. The van der Waals surface area contributed by atoms with E-state index >= 15 is 0 Å². The van der Waals surface area contributed by atoms with Gasteiger partial charge in [-0.15, -0.1) is 0 Å². The minimum atomic E-state index is -0.906. The molecule has 17 heavy (non-hydrogen) atoms. The van der Waals surface area contributed by atoms with Crippen molar-refractivity contribution in [1.82, 2.24) is 0 Å². The maximum Gasteiger partial charge on any atom is 0.305 e. The molecule has 0 fully saturated rings. The number of nitrogens with zero attached hydrogens (tertiary/aromatic N) is 1. The molecule has 0 unspecified atom stereocenters. The molecule has 6 heteroatoms. The summed E-state index contributed by atoms with van der Waals surface area (Å²) in [7, 11) is 0. The highest BCUT2D eigenvalue weighted by atomic mass is 16.4. The van der Waals surface area contributed by atoms with Crippen LogP contribution in [0.2, 0.25) is 0 Å². The standard InChI is InChI=1S/C11H12N2O4/c14-7-1-2-9-8(5-7)12-10(15)6-13(9)4-3-11(16)17/h1-2,5,14H,3-4,6H2,(H,12,15)(H,16,17). The molecule has 0 bridgehead atoms. The topological polar surface area (TPSA) is 89.9 Å². The van der Waals surface area contributed by atoms with Crippen LogP contribution < -0.4 is 10.2 Å². The van der Waals surface area contributed by atoms with Gasteiger partial charge in [0.05, 0.1) is 24.3 Å². The van der Waals surface area contributed by atoms with Crippen LogP contribution in [0.3, 0.4) is 0 Å². The summed E-state index contributed by atoms with van der Waals surface area (Å²) in [5, 5.41) is 20.6. The summed E-state index contributed by atoms with van der Waals surface area (Å²) in [5.74, 6) is -1.06. The number of nitrogens with one attached hydrogen (secondary N) is 1. The lowest BCUT2D eigenvalue weighted by atomic mass is 10.1. The van der Waals surface area contributed by atoms with Gasteiger partial charge in [-0.25, -0.2) is 0 Å². The molecular formula is C11H12N2O4. The number of aromatic hydroxyl groups is 1. The van der Waals surface area contributed by atoms with E-state index in [1.54, 1.807) is 11.0 Å². The average Bonchev–Trinajstić information content (AvgIpc) is 2.24. The zero-order valence-corrected chi connectivity index (χ0v) is 9.01. The Morgan fingerprint density at radius 1 is 1.47 bits per heavy atom. The van der Waals surface area contributed by atoms with Crippen LogP contribution in [0.4, 0.5) is 11.4 Å². The Bertz CT molecular complexity index is 473. The van der Waals surface area contributed by atoms with Gasteiger partial charge in [0.25, 0.3) is 0 Å². The first-order chi connectivity index (χ1) is 8.06. The number of phenols is 1. The smallest absolute Gasteiger partial charge is 0.305 e. The second-order valence-corrected chi connectivity index (χ2v) is 3.81. The third kappa shape index (κ3) is 2.47. The number of phenolic OH excluding ortho intramolecular Hbond substituents is 1. The van der Waals surface area contributed by atoms with E-state index in [0.717, 1.165) is 5.69 Å². The van der Waals surface area contributed by atoms with Crippen LogP contribution in [0.5, 0.6) is 5.75 Å². The number of hydrogen-bond acceptors (Lipinski definition) is 4. The molecule has 0 saturated carbocycles. The molecule has 1 aliphatic rings. The fourth-order valence-corrected chi connectivity index (χ4v) is 1.78. The SMILES string of the molecule is O=C(O)CCN1CC(=O)Nc2cc(O)ccc21. The Balaban J connectivity index is 2.24. The minimum Gasteiger partial charge on any atom is -0.508 e. The lowest BCUT2D eigenvalue weighted by Gasteiger charge is -2.30. The van der Waals surface area contributed by atoms with Gasteiger partial charge in [0.15, 0.2) is 0 Å². The fraction of sp³-hybridized carbons (Fsp3) is 0.273. The van der Waals surface area contributed by atoms with Crippen molar-refractivity contribution in [1.29, 1.82) is 0 Å². The normalized spacial score (nSPS) is 14.1. The lowest BCUT2D eigenvalue weighted by molar-refractivity contribution is -0.136. The fourth-order valence-electron chi connectivity index (χ4n) is 1.78. The van der Waals surface area contributed by atoms with E-state index in [1.165, 1.54) is 12.1 Å². The first-order valence-electron chi connectivity index (χ1n) is 5.16. The average molecular weight is 236 g/mol. The minimum absolute atomic E-state index is 0.0341. The predicted molar refractivity (Wildman–Crippen MR) is 61.2 cm³/mol. The van der Waals surface area contributed by atoms with Crippen molar-refractivity contribution >= 4 is 23.3 Å². The van der Waals surface area contributed by atoms with Crippen LogP contribution in [0.15, 0.2) is 18.2 Å². The zero-order chi connectivity index (χ0) is 12.4. The van der Waals surface area contributed by atoms with Crippen LogP contribution >= 0.6 is 0 Å². The van der Waals surface area contributed by atoms with Crippen LogP contribution in [-0.4, -0.2) is 35.2 Å². The number of hydrogen-bond donors (Lipinski definition) is 3. The van der Waals surface area contributed by atoms with Gasteiger partial charge in [0.1, 0.15) is 5.75 Å². The van der Waals surface area contributed by atoms with Crippen molar-refractivity contribution in [3.05, 3.63) is 18.2 Å². The van der Waals surface area contributed by atoms with Gasteiger partial charge in [-0.3, -0.25) is 9.59 Å². The van der Waals surface area contributed by atoms with E-state index in [-0.39, 0.29) is 31.2 Å². The maximum absolute atomic E-state index is 11.4. The van der Waals surface area contributed by atoms with Gasteiger partial charge in [0, 0.05) is 12.6 Å². The van der Waals surface area contributed by atoms with Gasteiger partial charge in [-0.2, -0.15) is 0 Å². The Morgan fingerprint density at radius 2 is 2.24 bits per heavy atom. The summed E-state index contributed by atoms with van der Waals surface area (Å²) in [6.07, 6.45) is -0.0341. The predicted octanol–water partition coefficient (Wildman–Crippen LogP) is 0.625. The summed E-state index contributed by atoms with van der Waals surface area (Å²) < 4.78 is 0. The molecule has 0 radical (unpaired) electrons. The summed E-state index contributed by atoms with van der Waals surface area (Å²) >= 11 is 0. The third-order valence-corrected chi connectivity index (χ3v) is 2.52. The quantitative estimate of drug-likeness (QED) is 0.716. The molecule has 0 atom stereocenters. The molecule has 1 aliphatic heterocycles. The van der Waals surface area contributed by atoms with E-state index in [0.29, 0.717) is 5.69 Å². The number of fused-ring (bicyclic) bond motifs is 1. The van der Waals surface area contributed by atoms with E-state index in [2.05, 4.69) is 5.32 Å². The van der Waals surface area contributed by atoms with Crippen LogP contribution in [0.1, 0.15) is 6.42 Å². The Hall–Kier alpha value is -2.24. The van der Waals surface area contributed by atoms with E-state index in [4.69, 9.17) is 5.11 Å². The summed E-state index contributed by atoms with van der Waals surface area (Å²) in [6.45, 7) is 0.394. The van der Waals surface area contributed by atoms with Crippen LogP contribution in [-0.2, 0) is 9.59 Å². The number of anilines is 2. The first-order valence-corrected chi connectivity index (χ1v) is 5.16. The monoisotopic (exact) mass is 236 g/mol. The number of aliphatic carboxylic acids is 1. The van der Waals surface area contributed by atoms with Crippen molar-refractivity contribution < 1.29 is 19.8 Å². The van der Waals surface area contributed by atoms with E-state index in [1.807, 2.05) is 0 Å². The van der Waals surface area contributed by atoms with Gasteiger partial charge in [-0.05, 0) is 12.1 Å². The number of amides is 1. The first kappa shape index (κ1) is 11.3. The van der Waals surface area contributed by atoms with Crippen molar-refractivity contribution in [3.8, 4) is 5.75 Å². The maximum atomic E-state index is 11.4. The molecule has 3 N–H and O–H groups in total. The second kappa shape index (κ2) is 4.32. The summed E-state index contributed by atoms with van der Waals surface area (Å²) in [4.78, 5) is 23.6. The van der Waals surface area contributed by atoms with Crippen molar-refractivity contribution in [3.63, 3.8) is 0 Å². The Kier molecular flexibility index (Phi) is 2.86. The number of carboxylic acids is 1. The summed E-state index contributed by atoms with van der Waals surface area (Å²) in [6, 6.07) is 4.61. The number of carboxylic acid groups (broad SMARTS) is 1. The number of carbonyl (C=O) groups is 2. The number of benzene rings is 1. The molecule has 6 nitrogen and oxygen atoms in total. The molecule has 0 spiro atoms. The summed E-state index contributed by atoms with van der Waals surface area (Å²) in [5.41, 5.74) is 1.23. The molecule has 0 saturated heterocycles. The number of rotatable bonds is 3. The lowest BCUT2D eigenvalue weighted by Crippen LogP contribution is -2.39. The number of carbonyl (C=O) groups excluding carboxylic acids is 1. The van der Waals surface area contributed by atoms with Crippen molar-refractivity contribution in [2.24, 2.45) is 0 Å². The molecule has 0 aliphatic carbocycles. The molecule has 0 aromatic heterocycles. The largest absolute Gasteiger partial charge is 0.508 e. The van der Waals surface area contributed by atoms with E-state index in [9.17, 15) is 14.7 Å². The molecule has 1 amide bonds. The van der Waals surface area contributed by atoms with Crippen molar-refractivity contribution in [2.45, 2.75) is 6.42 Å².